The number of nitrogens with zero attached hydrogens (tertiary/aromatic N) is 2. The van der Waals surface area contributed by atoms with Crippen LogP contribution in [0.3, 0.4) is 0 Å². The van der Waals surface area contributed by atoms with E-state index in [0.717, 1.165) is 28.0 Å². The Labute approximate surface area is 181 Å². The zero-order valence-corrected chi connectivity index (χ0v) is 18.1. The first kappa shape index (κ1) is 18.3. The number of ether oxygens (including phenoxy) is 2. The Morgan fingerprint density at radius 3 is 2.48 bits per heavy atom. The van der Waals surface area contributed by atoms with Crippen molar-refractivity contribution in [2.24, 2.45) is 4.99 Å². The molecule has 1 unspecified atom stereocenters. The monoisotopic (exact) mass is 408 g/mol. The van der Waals surface area contributed by atoms with Gasteiger partial charge >= 0.3 is 0 Å². The summed E-state index contributed by atoms with van der Waals surface area (Å²) in [4.78, 5) is 7.25. The van der Waals surface area contributed by atoms with Gasteiger partial charge in [0.2, 0.25) is 5.72 Å². The summed E-state index contributed by atoms with van der Waals surface area (Å²) >= 11 is 0. The Kier molecular flexibility index (Phi) is 3.54. The van der Waals surface area contributed by atoms with E-state index in [4.69, 9.17) is 14.5 Å². The van der Waals surface area contributed by atoms with E-state index in [1.54, 1.807) is 7.11 Å². The number of methoxy groups -OCH3 is 1. The van der Waals surface area contributed by atoms with Crippen LogP contribution < -0.4 is 14.4 Å². The fourth-order valence-electron chi connectivity index (χ4n) is 5.29. The van der Waals surface area contributed by atoms with Crippen LogP contribution in [0.5, 0.6) is 11.5 Å². The minimum Gasteiger partial charge on any atom is -0.497 e. The summed E-state index contributed by atoms with van der Waals surface area (Å²) < 4.78 is 12.3. The molecule has 0 saturated heterocycles. The standard InChI is InChI=1S/C27H24N2O2/c1-26(2)22-13-10-17-7-5-6-8-20(17)25(22)29(3)27(26)16-28-24-21-15-19(30-4)12-9-18(21)11-14-23(24)31-27/h5-16H,1-4H3. The first-order chi connectivity index (χ1) is 15.0. The van der Waals surface area contributed by atoms with Crippen LogP contribution in [0.15, 0.2) is 71.7 Å². The van der Waals surface area contributed by atoms with Crippen molar-refractivity contribution in [3.05, 3.63) is 72.3 Å². The Morgan fingerprint density at radius 1 is 0.903 bits per heavy atom. The zero-order chi connectivity index (χ0) is 21.4. The molecule has 0 aliphatic carbocycles. The van der Waals surface area contributed by atoms with Gasteiger partial charge in [-0.3, -0.25) is 4.99 Å². The summed E-state index contributed by atoms with van der Waals surface area (Å²) in [5.41, 5.74) is 2.32. The van der Waals surface area contributed by atoms with Crippen molar-refractivity contribution in [2.45, 2.75) is 25.0 Å². The van der Waals surface area contributed by atoms with Crippen LogP contribution >= 0.6 is 0 Å². The number of anilines is 1. The molecule has 0 radical (unpaired) electrons. The topological polar surface area (TPSA) is 34.1 Å². The molecule has 1 spiro atoms. The van der Waals surface area contributed by atoms with Gasteiger partial charge in [-0.1, -0.05) is 48.5 Å². The minimum atomic E-state index is -0.709. The number of hydrogen-bond acceptors (Lipinski definition) is 4. The first-order valence-corrected chi connectivity index (χ1v) is 10.6. The lowest BCUT2D eigenvalue weighted by molar-refractivity contribution is 0.0827. The quantitative estimate of drug-likeness (QED) is 0.375. The molecule has 2 heterocycles. The molecule has 4 heteroatoms. The number of hydrogen-bond donors (Lipinski definition) is 0. The lowest BCUT2D eigenvalue weighted by atomic mass is 9.77. The van der Waals surface area contributed by atoms with Gasteiger partial charge in [0.05, 0.1) is 24.4 Å². The van der Waals surface area contributed by atoms with Gasteiger partial charge in [-0.05, 0) is 48.4 Å². The van der Waals surface area contributed by atoms with Gasteiger partial charge in [0.1, 0.15) is 17.2 Å². The van der Waals surface area contributed by atoms with Crippen molar-refractivity contribution in [2.75, 3.05) is 19.1 Å². The second-order valence-corrected chi connectivity index (χ2v) is 8.92. The molecule has 1 atom stereocenters. The number of aliphatic imine (C=N–C) groups is 1. The number of fused-ring (bicyclic) bond motifs is 6. The molecule has 2 aliphatic rings. The summed E-state index contributed by atoms with van der Waals surface area (Å²) in [5, 5.41) is 4.61. The van der Waals surface area contributed by atoms with Crippen LogP contribution in [0.2, 0.25) is 0 Å². The van der Waals surface area contributed by atoms with Gasteiger partial charge in [0.15, 0.2) is 0 Å². The van der Waals surface area contributed by atoms with E-state index < -0.39 is 5.72 Å². The first-order valence-electron chi connectivity index (χ1n) is 10.6. The van der Waals surface area contributed by atoms with Gasteiger partial charge < -0.3 is 14.4 Å². The molecule has 6 rings (SSSR count). The molecule has 0 amide bonds. The highest BCUT2D eigenvalue weighted by Crippen LogP contribution is 2.56. The molecule has 154 valence electrons. The number of rotatable bonds is 1. The maximum Gasteiger partial charge on any atom is 0.228 e. The van der Waals surface area contributed by atoms with E-state index >= 15 is 0 Å². The van der Waals surface area contributed by atoms with Gasteiger partial charge in [-0.25, -0.2) is 0 Å². The fourth-order valence-corrected chi connectivity index (χ4v) is 5.29. The normalized spacial score (nSPS) is 20.7. The largest absolute Gasteiger partial charge is 0.497 e. The molecular weight excluding hydrogens is 384 g/mol. The number of likely N-dealkylation sites (N-methyl/N-ethyl adjacent to an activating group) is 1. The molecule has 4 nitrogen and oxygen atoms in total. The van der Waals surface area contributed by atoms with Crippen LogP contribution in [-0.4, -0.2) is 26.1 Å². The van der Waals surface area contributed by atoms with E-state index in [0.29, 0.717) is 0 Å². The molecule has 4 aromatic rings. The Balaban J connectivity index is 1.56. The highest BCUT2D eigenvalue weighted by atomic mass is 16.5. The Bertz CT molecular complexity index is 1410. The Hall–Kier alpha value is -3.53. The third-order valence-electron chi connectivity index (χ3n) is 7.10. The average molecular weight is 409 g/mol. The van der Waals surface area contributed by atoms with Crippen LogP contribution in [0.25, 0.3) is 21.5 Å². The van der Waals surface area contributed by atoms with E-state index in [1.165, 1.54) is 22.0 Å². The third kappa shape index (κ3) is 2.22. The fraction of sp³-hybridized carbons (Fsp3) is 0.222. The van der Waals surface area contributed by atoms with Crippen molar-refractivity contribution in [3.8, 4) is 11.5 Å². The molecule has 0 bridgehead atoms. The predicted molar refractivity (Wildman–Crippen MR) is 127 cm³/mol. The van der Waals surface area contributed by atoms with Gasteiger partial charge in [0, 0.05) is 17.8 Å². The highest BCUT2D eigenvalue weighted by Gasteiger charge is 2.59. The molecular formula is C27H24N2O2. The molecule has 2 aliphatic heterocycles. The zero-order valence-electron chi connectivity index (χ0n) is 18.1. The average Bonchev–Trinajstić information content (AvgIpc) is 2.96. The van der Waals surface area contributed by atoms with Crippen molar-refractivity contribution >= 4 is 39.1 Å². The summed E-state index contributed by atoms with van der Waals surface area (Å²) in [6.07, 6.45) is 1.99. The maximum atomic E-state index is 6.86. The summed E-state index contributed by atoms with van der Waals surface area (Å²) in [6.45, 7) is 4.48. The van der Waals surface area contributed by atoms with Gasteiger partial charge in [0.25, 0.3) is 0 Å². The van der Waals surface area contributed by atoms with Crippen LogP contribution in [0.4, 0.5) is 11.4 Å². The second kappa shape index (κ2) is 6.01. The predicted octanol–water partition coefficient (Wildman–Crippen LogP) is 6.22. The molecule has 0 fully saturated rings. The molecule has 0 saturated carbocycles. The Morgan fingerprint density at radius 2 is 1.65 bits per heavy atom. The highest BCUT2D eigenvalue weighted by molar-refractivity contribution is 6.04. The van der Waals surface area contributed by atoms with E-state index in [1.807, 2.05) is 24.4 Å². The van der Waals surface area contributed by atoms with Crippen LogP contribution in [0, 0.1) is 0 Å². The molecule has 0 N–H and O–H groups in total. The summed E-state index contributed by atoms with van der Waals surface area (Å²) in [6, 6.07) is 23.1. The molecule has 31 heavy (non-hydrogen) atoms. The SMILES string of the molecule is COc1ccc2ccc3c(c2c1)N=CC1(O3)N(C)c2c(ccc3ccccc23)C1(C)C. The van der Waals surface area contributed by atoms with E-state index in [2.05, 4.69) is 74.3 Å². The molecule has 0 aromatic heterocycles. The molecule has 4 aromatic carbocycles. The lowest BCUT2D eigenvalue weighted by Gasteiger charge is -2.45. The van der Waals surface area contributed by atoms with Crippen LogP contribution in [-0.2, 0) is 5.41 Å². The third-order valence-corrected chi connectivity index (χ3v) is 7.10. The van der Waals surface area contributed by atoms with Crippen molar-refractivity contribution < 1.29 is 9.47 Å². The van der Waals surface area contributed by atoms with Crippen molar-refractivity contribution in [1.29, 1.82) is 0 Å². The summed E-state index contributed by atoms with van der Waals surface area (Å²) in [5.74, 6) is 1.61. The maximum absolute atomic E-state index is 6.86. The smallest absolute Gasteiger partial charge is 0.228 e. The van der Waals surface area contributed by atoms with Crippen molar-refractivity contribution in [3.63, 3.8) is 0 Å². The van der Waals surface area contributed by atoms with Crippen LogP contribution in [0.1, 0.15) is 19.4 Å². The summed E-state index contributed by atoms with van der Waals surface area (Å²) in [7, 11) is 3.80. The number of benzene rings is 4. The van der Waals surface area contributed by atoms with E-state index in [9.17, 15) is 0 Å². The lowest BCUT2D eigenvalue weighted by Crippen LogP contribution is -2.61. The second-order valence-electron chi connectivity index (χ2n) is 8.92. The van der Waals surface area contributed by atoms with Gasteiger partial charge in [-0.2, -0.15) is 0 Å². The van der Waals surface area contributed by atoms with E-state index in [-0.39, 0.29) is 5.41 Å². The van der Waals surface area contributed by atoms with Gasteiger partial charge in [-0.15, -0.1) is 0 Å². The van der Waals surface area contributed by atoms with Crippen molar-refractivity contribution in [1.82, 2.24) is 0 Å². The minimum absolute atomic E-state index is 0.300.